The van der Waals surface area contributed by atoms with E-state index in [1.165, 1.54) is 29.8 Å². The molecule has 9 heteroatoms. The number of sulfonamides is 1. The molecule has 1 N–H and O–H groups in total. The molecule has 0 radical (unpaired) electrons. The molecule has 0 aliphatic carbocycles. The van der Waals surface area contributed by atoms with Crippen molar-refractivity contribution in [1.82, 2.24) is 14.3 Å². The Morgan fingerprint density at radius 2 is 2.00 bits per heavy atom. The molecule has 0 unspecified atom stereocenters. The number of ether oxygens (including phenoxy) is 1. The number of hydrogen-bond donors (Lipinski definition) is 1. The van der Waals surface area contributed by atoms with Gasteiger partial charge in [0.1, 0.15) is 17.9 Å². The van der Waals surface area contributed by atoms with Crippen molar-refractivity contribution in [2.24, 2.45) is 7.05 Å². The molecule has 0 bridgehead atoms. The molecule has 0 spiro atoms. The number of para-hydroxylation sites is 1. The van der Waals surface area contributed by atoms with Crippen molar-refractivity contribution in [2.45, 2.75) is 4.90 Å². The van der Waals surface area contributed by atoms with E-state index in [0.29, 0.717) is 16.8 Å². The van der Waals surface area contributed by atoms with Crippen molar-refractivity contribution in [2.75, 3.05) is 13.2 Å². The van der Waals surface area contributed by atoms with E-state index in [2.05, 4.69) is 9.71 Å². The van der Waals surface area contributed by atoms with Gasteiger partial charge < -0.3 is 9.15 Å². The van der Waals surface area contributed by atoms with Gasteiger partial charge in [0.15, 0.2) is 5.58 Å². The molecule has 0 saturated carbocycles. The van der Waals surface area contributed by atoms with Crippen molar-refractivity contribution in [1.29, 1.82) is 0 Å². The number of pyridine rings is 1. The Hall–Kier alpha value is -3.17. The van der Waals surface area contributed by atoms with Gasteiger partial charge in [-0.25, -0.2) is 17.9 Å². The molecule has 4 rings (SSSR count). The Labute approximate surface area is 160 Å². The molecule has 0 saturated heterocycles. The molecule has 0 aliphatic rings. The second-order valence-electron chi connectivity index (χ2n) is 6.13. The lowest BCUT2D eigenvalue weighted by molar-refractivity contribution is 0.326. The van der Waals surface area contributed by atoms with Gasteiger partial charge in [-0.15, -0.1) is 0 Å². The summed E-state index contributed by atoms with van der Waals surface area (Å²) < 4.78 is 39.5. The van der Waals surface area contributed by atoms with E-state index in [-0.39, 0.29) is 18.0 Å². The van der Waals surface area contributed by atoms with Crippen LogP contribution in [0.3, 0.4) is 0 Å². The molecule has 0 amide bonds. The standard InChI is InChI=1S/C19H17N3O5S/c1-22-15-12-14(7-8-16(15)27-19(22)23)28(24,25)21-10-11-26-17-6-2-4-13-5-3-9-20-18(13)17/h2-9,12,21H,10-11H2,1H3. The number of aromatic nitrogens is 2. The molecule has 2 heterocycles. The molecular formula is C19H17N3O5S. The maximum absolute atomic E-state index is 12.5. The van der Waals surface area contributed by atoms with Crippen LogP contribution < -0.4 is 15.2 Å². The van der Waals surface area contributed by atoms with E-state index < -0.39 is 15.8 Å². The van der Waals surface area contributed by atoms with Crippen LogP contribution in [0.4, 0.5) is 0 Å². The van der Waals surface area contributed by atoms with Crippen LogP contribution in [-0.2, 0) is 17.1 Å². The van der Waals surface area contributed by atoms with Gasteiger partial charge in [-0.1, -0.05) is 18.2 Å². The van der Waals surface area contributed by atoms with E-state index in [1.54, 1.807) is 12.3 Å². The number of fused-ring (bicyclic) bond motifs is 2. The second-order valence-corrected chi connectivity index (χ2v) is 7.90. The fraction of sp³-hybridized carbons (Fsp3) is 0.158. The molecule has 144 valence electrons. The first-order valence-corrected chi connectivity index (χ1v) is 10.00. The van der Waals surface area contributed by atoms with Crippen LogP contribution in [0.1, 0.15) is 0 Å². The molecule has 2 aromatic carbocycles. The van der Waals surface area contributed by atoms with E-state index in [9.17, 15) is 13.2 Å². The van der Waals surface area contributed by atoms with E-state index >= 15 is 0 Å². The zero-order chi connectivity index (χ0) is 19.7. The van der Waals surface area contributed by atoms with Gasteiger partial charge in [-0.2, -0.15) is 0 Å². The van der Waals surface area contributed by atoms with Gasteiger partial charge in [-0.05, 0) is 30.3 Å². The fourth-order valence-electron chi connectivity index (χ4n) is 2.89. The first kappa shape index (κ1) is 18.2. The topological polar surface area (TPSA) is 103 Å². The van der Waals surface area contributed by atoms with E-state index in [1.807, 2.05) is 24.3 Å². The molecule has 0 aliphatic heterocycles. The summed E-state index contributed by atoms with van der Waals surface area (Å²) in [5.74, 6) is 0.0433. The second kappa shape index (κ2) is 7.10. The van der Waals surface area contributed by atoms with E-state index in [0.717, 1.165) is 10.9 Å². The number of nitrogens with one attached hydrogen (secondary N) is 1. The molecule has 0 fully saturated rings. The highest BCUT2D eigenvalue weighted by atomic mass is 32.2. The maximum Gasteiger partial charge on any atom is 0.419 e. The van der Waals surface area contributed by atoms with Gasteiger partial charge in [0, 0.05) is 25.2 Å². The summed E-state index contributed by atoms with van der Waals surface area (Å²) in [5.41, 5.74) is 1.46. The highest BCUT2D eigenvalue weighted by Gasteiger charge is 2.16. The lowest BCUT2D eigenvalue weighted by Crippen LogP contribution is -2.28. The van der Waals surface area contributed by atoms with Crippen molar-refractivity contribution in [3.63, 3.8) is 0 Å². The zero-order valence-electron chi connectivity index (χ0n) is 15.0. The van der Waals surface area contributed by atoms with Crippen LogP contribution in [0.25, 0.3) is 22.0 Å². The molecule has 0 atom stereocenters. The van der Waals surface area contributed by atoms with Gasteiger partial charge >= 0.3 is 5.76 Å². The highest BCUT2D eigenvalue weighted by molar-refractivity contribution is 7.89. The van der Waals surface area contributed by atoms with Crippen molar-refractivity contribution in [3.8, 4) is 5.75 Å². The van der Waals surface area contributed by atoms with Crippen LogP contribution in [0.2, 0.25) is 0 Å². The fourth-order valence-corrected chi connectivity index (χ4v) is 3.92. The van der Waals surface area contributed by atoms with Crippen LogP contribution in [-0.4, -0.2) is 31.1 Å². The summed E-state index contributed by atoms with van der Waals surface area (Å²) in [6.45, 7) is 0.218. The average Bonchev–Trinajstić information content (AvgIpc) is 2.99. The average molecular weight is 399 g/mol. The first-order chi connectivity index (χ1) is 13.5. The minimum atomic E-state index is -3.76. The lowest BCUT2D eigenvalue weighted by Gasteiger charge is -2.10. The highest BCUT2D eigenvalue weighted by Crippen LogP contribution is 2.23. The number of benzene rings is 2. The Bertz CT molecular complexity index is 1320. The van der Waals surface area contributed by atoms with Gasteiger partial charge in [0.2, 0.25) is 10.0 Å². The Kier molecular flexibility index (Phi) is 4.62. The summed E-state index contributed by atoms with van der Waals surface area (Å²) in [6.07, 6.45) is 1.68. The van der Waals surface area contributed by atoms with Crippen LogP contribution in [0.15, 0.2) is 68.8 Å². The monoisotopic (exact) mass is 399 g/mol. The summed E-state index contributed by atoms with van der Waals surface area (Å²) in [6, 6.07) is 13.6. The number of nitrogens with zero attached hydrogens (tertiary/aromatic N) is 2. The molecule has 2 aromatic heterocycles. The van der Waals surface area contributed by atoms with Crippen molar-refractivity contribution < 1.29 is 17.6 Å². The molecular weight excluding hydrogens is 382 g/mol. The third-order valence-electron chi connectivity index (χ3n) is 4.32. The number of oxazole rings is 1. The van der Waals surface area contributed by atoms with Crippen LogP contribution in [0.5, 0.6) is 5.75 Å². The van der Waals surface area contributed by atoms with Gasteiger partial charge in [0.25, 0.3) is 0 Å². The summed E-state index contributed by atoms with van der Waals surface area (Å²) in [7, 11) is -2.24. The summed E-state index contributed by atoms with van der Waals surface area (Å²) in [4.78, 5) is 15.9. The van der Waals surface area contributed by atoms with Gasteiger partial charge in [0.05, 0.1) is 10.4 Å². The minimum absolute atomic E-state index is 0.0447. The quantitative estimate of drug-likeness (QED) is 0.498. The predicted molar refractivity (Wildman–Crippen MR) is 104 cm³/mol. The first-order valence-electron chi connectivity index (χ1n) is 8.51. The Morgan fingerprint density at radius 3 is 2.86 bits per heavy atom. The lowest BCUT2D eigenvalue weighted by atomic mass is 10.2. The summed E-state index contributed by atoms with van der Waals surface area (Å²) in [5, 5.41) is 0.944. The van der Waals surface area contributed by atoms with Crippen molar-refractivity contribution >= 4 is 32.0 Å². The minimum Gasteiger partial charge on any atom is -0.490 e. The molecule has 4 aromatic rings. The predicted octanol–water partition coefficient (Wildman–Crippen LogP) is 2.04. The maximum atomic E-state index is 12.5. The Balaban J connectivity index is 1.45. The van der Waals surface area contributed by atoms with Crippen LogP contribution >= 0.6 is 0 Å². The third kappa shape index (κ3) is 3.37. The summed E-state index contributed by atoms with van der Waals surface area (Å²) >= 11 is 0. The largest absolute Gasteiger partial charge is 0.490 e. The third-order valence-corrected chi connectivity index (χ3v) is 5.78. The number of aryl methyl sites for hydroxylation is 1. The number of rotatable bonds is 6. The van der Waals surface area contributed by atoms with E-state index in [4.69, 9.17) is 9.15 Å². The SMILES string of the molecule is Cn1c(=O)oc2ccc(S(=O)(=O)NCCOc3cccc4cccnc34)cc21. The zero-order valence-corrected chi connectivity index (χ0v) is 15.8. The van der Waals surface area contributed by atoms with Crippen molar-refractivity contribution in [3.05, 3.63) is 65.3 Å². The number of hydrogen-bond acceptors (Lipinski definition) is 6. The molecule has 8 nitrogen and oxygen atoms in total. The normalized spacial score (nSPS) is 11.9. The Morgan fingerprint density at radius 1 is 1.18 bits per heavy atom. The van der Waals surface area contributed by atoms with Gasteiger partial charge in [-0.3, -0.25) is 9.55 Å². The molecule has 28 heavy (non-hydrogen) atoms. The van der Waals surface area contributed by atoms with Crippen LogP contribution in [0, 0.1) is 0 Å². The smallest absolute Gasteiger partial charge is 0.419 e.